The Morgan fingerprint density at radius 1 is 0.714 bits per heavy atom. The van der Waals surface area contributed by atoms with Crippen LogP contribution >= 0.6 is 83.3 Å². The molecule has 0 bridgehead atoms. The summed E-state index contributed by atoms with van der Waals surface area (Å²) < 4.78 is 0. The summed E-state index contributed by atoms with van der Waals surface area (Å²) in [5.41, 5.74) is 3.18. The Bertz CT molecular complexity index is 727. The van der Waals surface area contributed by atoms with Crippen LogP contribution in [0, 0.1) is 13.8 Å². The van der Waals surface area contributed by atoms with Crippen molar-refractivity contribution in [1.82, 2.24) is 0 Å². The molecule has 0 heterocycles. The zero-order valence-corrected chi connectivity index (χ0v) is 16.4. The van der Waals surface area contributed by atoms with E-state index in [4.69, 9.17) is 58.0 Å². The van der Waals surface area contributed by atoms with Gasteiger partial charge >= 0.3 is 0 Å². The molecule has 0 radical (unpaired) electrons. The lowest BCUT2D eigenvalue weighted by Crippen LogP contribution is -1.94. The normalized spacial score (nSPS) is 11.1. The summed E-state index contributed by atoms with van der Waals surface area (Å²) in [6, 6.07) is 1.86. The Hall–Kier alpha value is 0.590. The van der Waals surface area contributed by atoms with Crippen LogP contribution in [0.3, 0.4) is 0 Å². The van der Waals surface area contributed by atoms with Crippen LogP contribution in [0.15, 0.2) is 15.9 Å². The fourth-order valence-electron chi connectivity index (χ4n) is 1.98. The Morgan fingerprint density at radius 3 is 1.62 bits per heavy atom. The number of halogens is 5. The van der Waals surface area contributed by atoms with E-state index in [1.54, 1.807) is 0 Å². The van der Waals surface area contributed by atoms with Gasteiger partial charge in [-0.05, 0) is 36.6 Å². The molecule has 0 saturated heterocycles. The molecule has 2 rings (SSSR count). The van der Waals surface area contributed by atoms with Gasteiger partial charge in [0.1, 0.15) is 0 Å². The molecule has 0 N–H and O–H groups in total. The van der Waals surface area contributed by atoms with Crippen molar-refractivity contribution in [2.75, 3.05) is 0 Å². The second kappa shape index (κ2) is 6.60. The van der Waals surface area contributed by atoms with Crippen LogP contribution in [-0.4, -0.2) is 0 Å². The number of hydrogen-bond donors (Lipinski definition) is 2. The van der Waals surface area contributed by atoms with Gasteiger partial charge in [-0.25, -0.2) is 0 Å². The monoisotopic (exact) mass is 416 g/mol. The van der Waals surface area contributed by atoms with Crippen LogP contribution in [0.4, 0.5) is 0 Å². The topological polar surface area (TPSA) is 0 Å². The predicted octanol–water partition coefficient (Wildman–Crippen LogP) is 7.81. The lowest BCUT2D eigenvalue weighted by Gasteiger charge is -2.17. The summed E-state index contributed by atoms with van der Waals surface area (Å²) in [5.74, 6) is 0. The molecular weight excluding hydrogens is 410 g/mol. The van der Waals surface area contributed by atoms with Crippen LogP contribution in [0.25, 0.3) is 11.1 Å². The van der Waals surface area contributed by atoms with E-state index in [1.807, 2.05) is 19.9 Å². The minimum Gasteiger partial charge on any atom is -0.143 e. The lowest BCUT2D eigenvalue weighted by molar-refractivity contribution is 1.15. The molecule has 0 aliphatic heterocycles. The van der Waals surface area contributed by atoms with Gasteiger partial charge in [0, 0.05) is 15.4 Å². The first-order chi connectivity index (χ1) is 9.68. The Balaban J connectivity index is 2.93. The Morgan fingerprint density at radius 2 is 1.14 bits per heavy atom. The van der Waals surface area contributed by atoms with Crippen LogP contribution in [0.5, 0.6) is 0 Å². The minimum atomic E-state index is 0.138. The Labute approximate surface area is 159 Å². The zero-order chi connectivity index (χ0) is 16.1. The molecule has 0 fully saturated rings. The van der Waals surface area contributed by atoms with E-state index in [9.17, 15) is 0 Å². The van der Waals surface area contributed by atoms with Gasteiger partial charge in [0.2, 0.25) is 0 Å². The van der Waals surface area contributed by atoms with Crippen LogP contribution in [0.2, 0.25) is 25.1 Å². The molecule has 0 saturated carbocycles. The van der Waals surface area contributed by atoms with Crippen molar-refractivity contribution >= 4 is 83.3 Å². The van der Waals surface area contributed by atoms with Crippen LogP contribution < -0.4 is 0 Å². The molecule has 0 aliphatic carbocycles. The van der Waals surface area contributed by atoms with Crippen molar-refractivity contribution in [3.05, 3.63) is 42.3 Å². The SMILES string of the molecule is Cc1c(S)cc(-c2c(Cl)c(Cl)c(Cl)c(Cl)c2Cl)c(C)c1S. The van der Waals surface area contributed by atoms with E-state index in [1.165, 1.54) is 0 Å². The van der Waals surface area contributed by atoms with Gasteiger partial charge in [0.25, 0.3) is 0 Å². The van der Waals surface area contributed by atoms with Crippen molar-refractivity contribution in [2.45, 2.75) is 23.6 Å². The van der Waals surface area contributed by atoms with E-state index >= 15 is 0 Å². The standard InChI is InChI=1S/C14H9Cl5S2/c1-4-6(3-7(20)5(2)14(4)21)8-9(15)11(17)13(19)12(18)10(8)16/h3,20-21H,1-2H3. The third-order valence-corrected chi connectivity index (χ3v) is 6.67. The maximum absolute atomic E-state index is 6.32. The predicted molar refractivity (Wildman–Crippen MR) is 101 cm³/mol. The van der Waals surface area contributed by atoms with Gasteiger partial charge in [-0.1, -0.05) is 58.0 Å². The molecule has 21 heavy (non-hydrogen) atoms. The van der Waals surface area contributed by atoms with Crippen molar-refractivity contribution in [1.29, 1.82) is 0 Å². The summed E-state index contributed by atoms with van der Waals surface area (Å²) in [7, 11) is 0. The van der Waals surface area contributed by atoms with Crippen molar-refractivity contribution in [3.8, 4) is 11.1 Å². The molecule has 0 atom stereocenters. The van der Waals surface area contributed by atoms with Crippen molar-refractivity contribution < 1.29 is 0 Å². The highest BCUT2D eigenvalue weighted by molar-refractivity contribution is 7.81. The van der Waals surface area contributed by atoms with E-state index < -0.39 is 0 Å². The molecule has 0 spiro atoms. The van der Waals surface area contributed by atoms with Gasteiger partial charge in [-0.3, -0.25) is 0 Å². The lowest BCUT2D eigenvalue weighted by atomic mass is 9.98. The molecular formula is C14H9Cl5S2. The van der Waals surface area contributed by atoms with E-state index in [0.717, 1.165) is 26.5 Å². The fourth-order valence-corrected chi connectivity index (χ4v) is 3.90. The van der Waals surface area contributed by atoms with E-state index in [0.29, 0.717) is 5.56 Å². The Kier molecular flexibility index (Phi) is 5.64. The second-order valence-electron chi connectivity index (χ2n) is 4.49. The third kappa shape index (κ3) is 3.01. The van der Waals surface area contributed by atoms with Gasteiger partial charge in [-0.2, -0.15) is 0 Å². The van der Waals surface area contributed by atoms with Gasteiger partial charge in [0.05, 0.1) is 25.1 Å². The average Bonchev–Trinajstić information content (AvgIpc) is 2.46. The number of benzene rings is 2. The van der Waals surface area contributed by atoms with Crippen LogP contribution in [-0.2, 0) is 0 Å². The van der Waals surface area contributed by atoms with Gasteiger partial charge < -0.3 is 0 Å². The molecule has 2 aromatic rings. The van der Waals surface area contributed by atoms with Gasteiger partial charge in [0.15, 0.2) is 0 Å². The van der Waals surface area contributed by atoms with Gasteiger partial charge in [-0.15, -0.1) is 25.3 Å². The summed E-state index contributed by atoms with van der Waals surface area (Å²) in [4.78, 5) is 1.58. The number of rotatable bonds is 1. The van der Waals surface area contributed by atoms with E-state index in [2.05, 4.69) is 25.3 Å². The highest BCUT2D eigenvalue weighted by Gasteiger charge is 2.22. The van der Waals surface area contributed by atoms with Crippen molar-refractivity contribution in [3.63, 3.8) is 0 Å². The first kappa shape index (κ1) is 17.9. The summed E-state index contributed by atoms with van der Waals surface area (Å²) in [6.07, 6.45) is 0. The smallest absolute Gasteiger partial charge is 0.0809 e. The minimum absolute atomic E-state index is 0.138. The molecule has 0 unspecified atom stereocenters. The molecule has 112 valence electrons. The maximum atomic E-state index is 6.32. The van der Waals surface area contributed by atoms with Crippen LogP contribution in [0.1, 0.15) is 11.1 Å². The first-order valence-corrected chi connectivity index (χ1v) is 8.50. The maximum Gasteiger partial charge on any atom is 0.0809 e. The van der Waals surface area contributed by atoms with E-state index in [-0.39, 0.29) is 25.1 Å². The fraction of sp³-hybridized carbons (Fsp3) is 0.143. The number of hydrogen-bond acceptors (Lipinski definition) is 2. The highest BCUT2D eigenvalue weighted by Crippen LogP contribution is 2.49. The zero-order valence-electron chi connectivity index (χ0n) is 10.9. The largest absolute Gasteiger partial charge is 0.143 e. The molecule has 0 nitrogen and oxygen atoms in total. The molecule has 0 aliphatic rings. The number of thiol groups is 2. The second-order valence-corrected chi connectivity index (χ2v) is 7.31. The average molecular weight is 419 g/mol. The molecule has 0 aromatic heterocycles. The summed E-state index contributed by atoms with van der Waals surface area (Å²) >= 11 is 39.9. The van der Waals surface area contributed by atoms with Crippen molar-refractivity contribution in [2.24, 2.45) is 0 Å². The third-order valence-electron chi connectivity index (χ3n) is 3.26. The summed E-state index contributed by atoms with van der Waals surface area (Å²) in [6.45, 7) is 3.85. The highest BCUT2D eigenvalue weighted by atomic mass is 35.5. The quantitative estimate of drug-likeness (QED) is 0.263. The summed E-state index contributed by atoms with van der Waals surface area (Å²) in [5, 5.41) is 0.985. The molecule has 7 heteroatoms. The molecule has 0 amide bonds. The molecule has 2 aromatic carbocycles. The first-order valence-electron chi connectivity index (χ1n) is 5.72.